The minimum atomic E-state index is 0.204. The van der Waals surface area contributed by atoms with Crippen molar-refractivity contribution in [3.05, 3.63) is 11.8 Å². The van der Waals surface area contributed by atoms with Gasteiger partial charge in [0.25, 0.3) is 0 Å². The molecule has 1 heterocycles. The molecular weight excluding hydrogens is 236 g/mol. The van der Waals surface area contributed by atoms with E-state index in [2.05, 4.69) is 44.4 Å². The van der Waals surface area contributed by atoms with Gasteiger partial charge in [-0.2, -0.15) is 0 Å². The largest absolute Gasteiger partial charge is 0.497 e. The summed E-state index contributed by atoms with van der Waals surface area (Å²) in [6.07, 6.45) is 9.83. The Balaban J connectivity index is 2.27. The van der Waals surface area contributed by atoms with Gasteiger partial charge < -0.3 is 15.0 Å². The van der Waals surface area contributed by atoms with Gasteiger partial charge in [0, 0.05) is 5.54 Å². The molecule has 3 unspecified atom stereocenters. The van der Waals surface area contributed by atoms with Crippen LogP contribution in [0.5, 0.6) is 0 Å². The first-order valence-electron chi connectivity index (χ1n) is 7.77. The third kappa shape index (κ3) is 2.97. The molecule has 1 saturated carbocycles. The fourth-order valence-corrected chi connectivity index (χ4v) is 3.94. The number of nitrogens with zero attached hydrogens (tertiary/aromatic N) is 1. The normalized spacial score (nSPS) is 33.7. The summed E-state index contributed by atoms with van der Waals surface area (Å²) in [6.45, 7) is 3.27. The molecule has 19 heavy (non-hydrogen) atoms. The Morgan fingerprint density at radius 2 is 2.21 bits per heavy atom. The number of allylic oxidation sites excluding steroid dienone is 1. The standard InChI is InChI=1S/C16H30N2O/c1-13-8-7-10-16(12-13,18(3)4)15(17-2)14-9-5-6-11-19-14/h9,13,15,17H,5-8,10-12H2,1-4H3. The van der Waals surface area contributed by atoms with Crippen molar-refractivity contribution in [2.75, 3.05) is 27.7 Å². The van der Waals surface area contributed by atoms with Crippen LogP contribution in [0.25, 0.3) is 0 Å². The van der Waals surface area contributed by atoms with Crippen LogP contribution in [0.15, 0.2) is 11.8 Å². The maximum absolute atomic E-state index is 5.97. The lowest BCUT2D eigenvalue weighted by molar-refractivity contribution is 0.0249. The van der Waals surface area contributed by atoms with Crippen LogP contribution >= 0.6 is 0 Å². The Labute approximate surface area is 118 Å². The minimum absolute atomic E-state index is 0.204. The van der Waals surface area contributed by atoms with E-state index in [1.54, 1.807) is 0 Å². The van der Waals surface area contributed by atoms with Crippen molar-refractivity contribution < 1.29 is 4.74 Å². The van der Waals surface area contributed by atoms with E-state index in [0.717, 1.165) is 25.4 Å². The Morgan fingerprint density at radius 1 is 1.42 bits per heavy atom. The summed E-state index contributed by atoms with van der Waals surface area (Å²) in [7, 11) is 6.53. The zero-order chi connectivity index (χ0) is 13.9. The zero-order valence-corrected chi connectivity index (χ0v) is 13.0. The topological polar surface area (TPSA) is 24.5 Å². The van der Waals surface area contributed by atoms with Gasteiger partial charge in [0.05, 0.1) is 12.6 Å². The molecule has 1 N–H and O–H groups in total. The third-order valence-corrected chi connectivity index (χ3v) is 4.97. The summed E-state index contributed by atoms with van der Waals surface area (Å²) in [5, 5.41) is 3.55. The Kier molecular flexibility index (Phi) is 4.91. The second kappa shape index (κ2) is 6.27. The van der Waals surface area contributed by atoms with Gasteiger partial charge in [0.2, 0.25) is 0 Å². The molecule has 2 rings (SSSR count). The van der Waals surface area contributed by atoms with Crippen LogP contribution in [0.2, 0.25) is 0 Å². The number of nitrogens with one attached hydrogen (secondary N) is 1. The van der Waals surface area contributed by atoms with E-state index in [9.17, 15) is 0 Å². The summed E-state index contributed by atoms with van der Waals surface area (Å²) < 4.78 is 5.97. The van der Waals surface area contributed by atoms with Crippen molar-refractivity contribution in [2.45, 2.75) is 57.0 Å². The Hall–Kier alpha value is -0.540. The van der Waals surface area contributed by atoms with Crippen LogP contribution < -0.4 is 5.32 Å². The molecular formula is C16H30N2O. The lowest BCUT2D eigenvalue weighted by Gasteiger charge is -2.50. The lowest BCUT2D eigenvalue weighted by Crippen LogP contribution is -2.61. The molecule has 0 aromatic rings. The van der Waals surface area contributed by atoms with Crippen molar-refractivity contribution in [2.24, 2.45) is 5.92 Å². The van der Waals surface area contributed by atoms with Crippen LogP contribution in [0.1, 0.15) is 45.4 Å². The lowest BCUT2D eigenvalue weighted by atomic mass is 9.70. The van der Waals surface area contributed by atoms with Gasteiger partial charge in [-0.15, -0.1) is 0 Å². The fourth-order valence-electron chi connectivity index (χ4n) is 3.94. The Bertz CT molecular complexity index is 327. The summed E-state index contributed by atoms with van der Waals surface area (Å²) >= 11 is 0. The number of likely N-dealkylation sites (N-methyl/N-ethyl adjacent to an activating group) is 2. The predicted molar refractivity (Wildman–Crippen MR) is 80.2 cm³/mol. The molecule has 3 atom stereocenters. The third-order valence-electron chi connectivity index (χ3n) is 4.97. The molecule has 0 saturated heterocycles. The summed E-state index contributed by atoms with van der Waals surface area (Å²) in [4.78, 5) is 2.43. The number of rotatable bonds is 4. The van der Waals surface area contributed by atoms with E-state index in [4.69, 9.17) is 4.74 Å². The summed E-state index contributed by atoms with van der Waals surface area (Å²) in [6, 6.07) is 0.325. The van der Waals surface area contributed by atoms with Gasteiger partial charge in [-0.1, -0.05) is 19.8 Å². The Morgan fingerprint density at radius 3 is 2.74 bits per heavy atom. The summed E-state index contributed by atoms with van der Waals surface area (Å²) in [5.74, 6) is 1.98. The first kappa shape index (κ1) is 14.9. The quantitative estimate of drug-likeness (QED) is 0.847. The molecule has 0 spiro atoms. The van der Waals surface area contributed by atoms with Crippen molar-refractivity contribution in [1.29, 1.82) is 0 Å². The van der Waals surface area contributed by atoms with E-state index in [-0.39, 0.29) is 5.54 Å². The maximum atomic E-state index is 5.97. The minimum Gasteiger partial charge on any atom is -0.497 e. The van der Waals surface area contributed by atoms with Crippen LogP contribution in [0.3, 0.4) is 0 Å². The molecule has 0 amide bonds. The van der Waals surface area contributed by atoms with Crippen molar-refractivity contribution in [3.8, 4) is 0 Å². The van der Waals surface area contributed by atoms with Crippen molar-refractivity contribution >= 4 is 0 Å². The van der Waals surface area contributed by atoms with Crippen molar-refractivity contribution in [3.63, 3.8) is 0 Å². The van der Waals surface area contributed by atoms with Crippen LogP contribution in [0.4, 0.5) is 0 Å². The smallest absolute Gasteiger partial charge is 0.111 e. The fraction of sp³-hybridized carbons (Fsp3) is 0.875. The van der Waals surface area contributed by atoms with E-state index < -0.39 is 0 Å². The highest BCUT2D eigenvalue weighted by Crippen LogP contribution is 2.40. The molecule has 110 valence electrons. The summed E-state index contributed by atoms with van der Waals surface area (Å²) in [5.41, 5.74) is 0.204. The maximum Gasteiger partial charge on any atom is 0.111 e. The van der Waals surface area contributed by atoms with Crippen LogP contribution in [-0.2, 0) is 4.74 Å². The van der Waals surface area contributed by atoms with Gasteiger partial charge in [-0.3, -0.25) is 0 Å². The predicted octanol–water partition coefficient (Wildman–Crippen LogP) is 2.78. The highest BCUT2D eigenvalue weighted by atomic mass is 16.5. The van der Waals surface area contributed by atoms with E-state index in [1.165, 1.54) is 31.4 Å². The van der Waals surface area contributed by atoms with E-state index >= 15 is 0 Å². The van der Waals surface area contributed by atoms with Crippen molar-refractivity contribution in [1.82, 2.24) is 10.2 Å². The van der Waals surface area contributed by atoms with Gasteiger partial charge in [0.15, 0.2) is 0 Å². The molecule has 1 aliphatic carbocycles. The highest BCUT2D eigenvalue weighted by Gasteiger charge is 2.45. The first-order valence-corrected chi connectivity index (χ1v) is 7.77. The molecule has 0 radical (unpaired) electrons. The zero-order valence-electron chi connectivity index (χ0n) is 13.0. The number of hydrogen-bond acceptors (Lipinski definition) is 3. The van der Waals surface area contributed by atoms with Gasteiger partial charge >= 0.3 is 0 Å². The highest BCUT2D eigenvalue weighted by molar-refractivity contribution is 5.17. The van der Waals surface area contributed by atoms with E-state index in [1.807, 2.05) is 0 Å². The second-order valence-corrected chi connectivity index (χ2v) is 6.52. The molecule has 3 heteroatoms. The molecule has 2 aliphatic rings. The first-order chi connectivity index (χ1) is 9.10. The molecule has 1 aliphatic heterocycles. The van der Waals surface area contributed by atoms with Gasteiger partial charge in [-0.25, -0.2) is 0 Å². The van der Waals surface area contributed by atoms with Crippen LogP contribution in [-0.4, -0.2) is 44.2 Å². The molecule has 0 aromatic heterocycles. The monoisotopic (exact) mass is 266 g/mol. The van der Waals surface area contributed by atoms with Crippen LogP contribution in [0, 0.1) is 5.92 Å². The number of ether oxygens (including phenoxy) is 1. The molecule has 3 nitrogen and oxygen atoms in total. The average molecular weight is 266 g/mol. The second-order valence-electron chi connectivity index (χ2n) is 6.52. The van der Waals surface area contributed by atoms with E-state index in [0.29, 0.717) is 6.04 Å². The molecule has 1 fully saturated rings. The number of hydrogen-bond donors (Lipinski definition) is 1. The van der Waals surface area contributed by atoms with Gasteiger partial charge in [0.1, 0.15) is 5.76 Å². The SMILES string of the molecule is CNC(C1=CCCCO1)C1(N(C)C)CCCC(C)C1. The molecule has 0 bridgehead atoms. The van der Waals surface area contributed by atoms with Gasteiger partial charge in [-0.05, 0) is 58.8 Å². The molecule has 0 aromatic carbocycles. The average Bonchev–Trinajstić information content (AvgIpc) is 2.40.